The van der Waals surface area contributed by atoms with Gasteiger partial charge in [0, 0.05) is 6.54 Å². The first-order chi connectivity index (χ1) is 12.3. The van der Waals surface area contributed by atoms with Crippen LogP contribution in [-0.2, 0) is 10.0 Å². The molecule has 0 aliphatic rings. The molecule has 0 bridgehead atoms. The SMILES string of the molecule is CNS(=O)(=O)c1ccc(Cl)c(C(=O)NCC(c2ccccc2)N(C)C)c1. The number of likely N-dealkylation sites (N-methyl/N-ethyl adjacent to an activating group) is 1. The molecule has 0 heterocycles. The Balaban J connectivity index is 2.20. The Morgan fingerprint density at radius 1 is 1.15 bits per heavy atom. The van der Waals surface area contributed by atoms with Crippen LogP contribution in [0.3, 0.4) is 0 Å². The summed E-state index contributed by atoms with van der Waals surface area (Å²) >= 11 is 6.09. The highest BCUT2D eigenvalue weighted by atomic mass is 35.5. The van der Waals surface area contributed by atoms with Crippen molar-refractivity contribution in [2.75, 3.05) is 27.7 Å². The molecule has 2 aromatic carbocycles. The molecule has 8 heteroatoms. The zero-order valence-electron chi connectivity index (χ0n) is 14.9. The van der Waals surface area contributed by atoms with Gasteiger partial charge in [-0.3, -0.25) is 4.79 Å². The lowest BCUT2D eigenvalue weighted by Crippen LogP contribution is -2.34. The summed E-state index contributed by atoms with van der Waals surface area (Å²) in [5, 5.41) is 3.03. The quantitative estimate of drug-likeness (QED) is 0.753. The van der Waals surface area contributed by atoms with Gasteiger partial charge in [-0.05, 0) is 44.9 Å². The van der Waals surface area contributed by atoms with Gasteiger partial charge >= 0.3 is 0 Å². The highest BCUT2D eigenvalue weighted by molar-refractivity contribution is 7.89. The standard InChI is InChI=1S/C18H22ClN3O3S/c1-20-26(24,25)14-9-10-16(19)15(11-14)18(23)21-12-17(22(2)3)13-7-5-4-6-8-13/h4-11,17,20H,12H2,1-3H3,(H,21,23). The molecule has 0 spiro atoms. The molecule has 1 unspecified atom stereocenters. The number of hydrogen-bond acceptors (Lipinski definition) is 4. The maximum absolute atomic E-state index is 12.6. The van der Waals surface area contributed by atoms with Crippen LogP contribution in [-0.4, -0.2) is 46.9 Å². The van der Waals surface area contributed by atoms with Gasteiger partial charge in [-0.15, -0.1) is 0 Å². The first-order valence-corrected chi connectivity index (χ1v) is 9.85. The van der Waals surface area contributed by atoms with Crippen LogP contribution in [0.25, 0.3) is 0 Å². The third-order valence-electron chi connectivity index (χ3n) is 4.03. The normalized spacial score (nSPS) is 12.8. The number of nitrogens with zero attached hydrogens (tertiary/aromatic N) is 1. The Bertz CT molecular complexity index is 871. The summed E-state index contributed by atoms with van der Waals surface area (Å²) < 4.78 is 26.1. The Hall–Kier alpha value is -1.93. The summed E-state index contributed by atoms with van der Waals surface area (Å²) in [4.78, 5) is 14.5. The lowest BCUT2D eigenvalue weighted by atomic mass is 10.1. The maximum atomic E-state index is 12.6. The molecule has 0 radical (unpaired) electrons. The van der Waals surface area contributed by atoms with Crippen LogP contribution in [0.5, 0.6) is 0 Å². The first-order valence-electron chi connectivity index (χ1n) is 7.99. The average molecular weight is 396 g/mol. The van der Waals surface area contributed by atoms with Crippen molar-refractivity contribution >= 4 is 27.5 Å². The van der Waals surface area contributed by atoms with Crippen molar-refractivity contribution in [3.05, 3.63) is 64.7 Å². The van der Waals surface area contributed by atoms with Gasteiger partial charge in [-0.25, -0.2) is 13.1 Å². The number of carbonyl (C=O) groups excluding carboxylic acids is 1. The molecule has 1 amide bonds. The van der Waals surface area contributed by atoms with E-state index in [2.05, 4.69) is 10.0 Å². The van der Waals surface area contributed by atoms with Crippen molar-refractivity contribution in [2.24, 2.45) is 0 Å². The monoisotopic (exact) mass is 395 g/mol. The van der Waals surface area contributed by atoms with E-state index in [1.807, 2.05) is 49.3 Å². The number of hydrogen-bond donors (Lipinski definition) is 2. The van der Waals surface area contributed by atoms with Crippen LogP contribution in [0.4, 0.5) is 0 Å². The summed E-state index contributed by atoms with van der Waals surface area (Å²) in [6.07, 6.45) is 0. The number of carbonyl (C=O) groups is 1. The maximum Gasteiger partial charge on any atom is 0.252 e. The van der Waals surface area contributed by atoms with Crippen LogP contribution in [0.2, 0.25) is 5.02 Å². The van der Waals surface area contributed by atoms with Crippen LogP contribution in [0.1, 0.15) is 22.0 Å². The van der Waals surface area contributed by atoms with Gasteiger partial charge in [0.1, 0.15) is 0 Å². The molecule has 2 rings (SSSR count). The molecule has 0 aliphatic heterocycles. The van der Waals surface area contributed by atoms with Gasteiger partial charge in [0.25, 0.3) is 5.91 Å². The largest absolute Gasteiger partial charge is 0.350 e. The number of nitrogens with one attached hydrogen (secondary N) is 2. The third kappa shape index (κ3) is 4.82. The molecule has 2 aromatic rings. The summed E-state index contributed by atoms with van der Waals surface area (Å²) in [5.41, 5.74) is 1.18. The second kappa shape index (κ2) is 8.64. The van der Waals surface area contributed by atoms with E-state index in [-0.39, 0.29) is 21.5 Å². The van der Waals surface area contributed by atoms with E-state index >= 15 is 0 Å². The van der Waals surface area contributed by atoms with Gasteiger partial charge in [0.2, 0.25) is 10.0 Å². The summed E-state index contributed by atoms with van der Waals surface area (Å²) in [7, 11) is 1.51. The average Bonchev–Trinajstić information content (AvgIpc) is 2.62. The third-order valence-corrected chi connectivity index (χ3v) is 5.77. The Morgan fingerprint density at radius 2 is 1.81 bits per heavy atom. The molecule has 0 aromatic heterocycles. The Morgan fingerprint density at radius 3 is 2.38 bits per heavy atom. The van der Waals surface area contributed by atoms with Crippen molar-refractivity contribution in [3.8, 4) is 0 Å². The van der Waals surface area contributed by atoms with Crippen LogP contribution in [0, 0.1) is 0 Å². The molecule has 0 aliphatic carbocycles. The van der Waals surface area contributed by atoms with Crippen molar-refractivity contribution in [1.29, 1.82) is 0 Å². The Labute approximate surface area is 159 Å². The van der Waals surface area contributed by atoms with Crippen molar-refractivity contribution in [3.63, 3.8) is 0 Å². The van der Waals surface area contributed by atoms with Gasteiger partial charge in [-0.1, -0.05) is 41.9 Å². The molecular formula is C18H22ClN3O3S. The molecular weight excluding hydrogens is 374 g/mol. The number of rotatable bonds is 7. The molecule has 26 heavy (non-hydrogen) atoms. The van der Waals surface area contributed by atoms with Crippen molar-refractivity contribution < 1.29 is 13.2 Å². The lowest BCUT2D eigenvalue weighted by molar-refractivity contribution is 0.0942. The first kappa shape index (κ1) is 20.4. The van der Waals surface area contributed by atoms with Gasteiger partial charge < -0.3 is 10.2 Å². The van der Waals surface area contributed by atoms with Gasteiger partial charge in [0.15, 0.2) is 0 Å². The Kier molecular flexibility index (Phi) is 6.77. The summed E-state index contributed by atoms with van der Waals surface area (Å²) in [5.74, 6) is -0.425. The zero-order chi connectivity index (χ0) is 19.3. The number of benzene rings is 2. The van der Waals surface area contributed by atoms with E-state index in [0.717, 1.165) is 5.56 Å². The van der Waals surface area contributed by atoms with Gasteiger partial charge in [0.05, 0.1) is 21.5 Å². The highest BCUT2D eigenvalue weighted by Crippen LogP contribution is 2.21. The summed E-state index contributed by atoms with van der Waals surface area (Å²) in [6, 6.07) is 13.8. The number of halogens is 1. The van der Waals surface area contributed by atoms with E-state index in [1.165, 1.54) is 25.2 Å². The smallest absolute Gasteiger partial charge is 0.252 e. The van der Waals surface area contributed by atoms with E-state index in [4.69, 9.17) is 11.6 Å². The predicted octanol–water partition coefficient (Wildman–Crippen LogP) is 2.28. The molecule has 0 fully saturated rings. The minimum absolute atomic E-state index is 0.0123. The second-order valence-electron chi connectivity index (χ2n) is 5.95. The molecule has 1 atom stereocenters. The second-order valence-corrected chi connectivity index (χ2v) is 8.24. The fraction of sp³-hybridized carbons (Fsp3) is 0.278. The fourth-order valence-electron chi connectivity index (χ4n) is 2.52. The van der Waals surface area contributed by atoms with E-state index in [9.17, 15) is 13.2 Å². The van der Waals surface area contributed by atoms with Crippen molar-refractivity contribution in [2.45, 2.75) is 10.9 Å². The van der Waals surface area contributed by atoms with E-state index in [0.29, 0.717) is 6.54 Å². The molecule has 0 saturated heterocycles. The van der Waals surface area contributed by atoms with Crippen LogP contribution in [0.15, 0.2) is 53.4 Å². The molecule has 140 valence electrons. The topological polar surface area (TPSA) is 78.5 Å². The molecule has 6 nitrogen and oxygen atoms in total. The highest BCUT2D eigenvalue weighted by Gasteiger charge is 2.19. The van der Waals surface area contributed by atoms with E-state index < -0.39 is 15.9 Å². The molecule has 2 N–H and O–H groups in total. The number of amides is 1. The zero-order valence-corrected chi connectivity index (χ0v) is 16.4. The van der Waals surface area contributed by atoms with Crippen LogP contribution < -0.4 is 10.0 Å². The van der Waals surface area contributed by atoms with Crippen LogP contribution >= 0.6 is 11.6 Å². The van der Waals surface area contributed by atoms with Crippen molar-refractivity contribution in [1.82, 2.24) is 14.9 Å². The van der Waals surface area contributed by atoms with Gasteiger partial charge in [-0.2, -0.15) is 0 Å². The van der Waals surface area contributed by atoms with E-state index in [1.54, 1.807) is 0 Å². The minimum atomic E-state index is -3.66. The fourth-order valence-corrected chi connectivity index (χ4v) is 3.48. The predicted molar refractivity (Wildman–Crippen MR) is 103 cm³/mol. The number of sulfonamides is 1. The molecule has 0 saturated carbocycles. The minimum Gasteiger partial charge on any atom is -0.350 e. The lowest BCUT2D eigenvalue weighted by Gasteiger charge is -2.25. The summed E-state index contributed by atoms with van der Waals surface area (Å²) in [6.45, 7) is 0.356.